The van der Waals surface area contributed by atoms with Gasteiger partial charge in [-0.3, -0.25) is 14.2 Å². The van der Waals surface area contributed by atoms with Crippen LogP contribution in [0.2, 0.25) is 0 Å². The highest BCUT2D eigenvalue weighted by atomic mass is 79.9. The first-order chi connectivity index (χ1) is 14.5. The average Bonchev–Trinajstić information content (AvgIpc) is 2.73. The van der Waals surface area contributed by atoms with Gasteiger partial charge in [0, 0.05) is 25.8 Å². The van der Waals surface area contributed by atoms with Crippen molar-refractivity contribution in [1.29, 1.82) is 0 Å². The fourth-order valence-corrected chi connectivity index (χ4v) is 4.33. The first kappa shape index (κ1) is 23.8. The quantitative estimate of drug-likeness (QED) is 0.556. The molecular formula is C19H23BrFN3O6S. The van der Waals surface area contributed by atoms with Crippen LogP contribution < -0.4 is 11.0 Å². The Morgan fingerprint density at radius 2 is 2.19 bits per heavy atom. The van der Waals surface area contributed by atoms with E-state index >= 15 is 0 Å². The molecule has 0 spiro atoms. The summed E-state index contributed by atoms with van der Waals surface area (Å²) in [6.07, 6.45) is 3.57. The van der Waals surface area contributed by atoms with Crippen LogP contribution in [0.5, 0.6) is 0 Å². The predicted molar refractivity (Wildman–Crippen MR) is 114 cm³/mol. The van der Waals surface area contributed by atoms with Gasteiger partial charge in [-0.1, -0.05) is 0 Å². The third kappa shape index (κ3) is 4.97. The minimum atomic E-state index is -3.89. The lowest BCUT2D eigenvalue weighted by Gasteiger charge is -2.28. The first-order valence-electron chi connectivity index (χ1n) is 9.65. The third-order valence-electron chi connectivity index (χ3n) is 5.44. The Morgan fingerprint density at radius 1 is 1.45 bits per heavy atom. The van der Waals surface area contributed by atoms with E-state index in [0.717, 1.165) is 30.0 Å². The third-order valence-corrected chi connectivity index (χ3v) is 8.07. The molecule has 1 amide bonds. The summed E-state index contributed by atoms with van der Waals surface area (Å²) in [5, 5.41) is 0.0477. The molecule has 0 bridgehead atoms. The van der Waals surface area contributed by atoms with Crippen molar-refractivity contribution in [2.24, 2.45) is 0 Å². The number of hydrogen-bond donors (Lipinski definition) is 1. The molecule has 1 aliphatic heterocycles. The number of nitrogens with one attached hydrogen (secondary N) is 1. The normalized spacial score (nSPS) is 19.2. The Hall–Kier alpha value is -1.89. The lowest BCUT2D eigenvalue weighted by molar-refractivity contribution is -0.201. The van der Waals surface area contributed by atoms with E-state index in [2.05, 4.69) is 26.4 Å². The van der Waals surface area contributed by atoms with Gasteiger partial charge >= 0.3 is 0 Å². The summed E-state index contributed by atoms with van der Waals surface area (Å²) in [5.41, 5.74) is 1.55. The highest BCUT2D eigenvalue weighted by molar-refractivity contribution is 9.10. The summed E-state index contributed by atoms with van der Waals surface area (Å²) < 4.78 is 43.9. The molecule has 3 rings (SSSR count). The maximum Gasteiger partial charge on any atom is 0.264 e. The van der Waals surface area contributed by atoms with Crippen LogP contribution in [-0.2, 0) is 30.8 Å². The number of sulfone groups is 1. The Balaban J connectivity index is 1.80. The van der Waals surface area contributed by atoms with E-state index in [4.69, 9.17) is 9.57 Å². The van der Waals surface area contributed by atoms with Crippen molar-refractivity contribution in [2.75, 3.05) is 12.9 Å². The Bertz CT molecular complexity index is 1150. The topological polar surface area (TPSA) is 117 Å². The monoisotopic (exact) mass is 519 g/mol. The molecule has 9 nitrogen and oxygen atoms in total. The van der Waals surface area contributed by atoms with Crippen molar-refractivity contribution in [3.63, 3.8) is 0 Å². The van der Waals surface area contributed by atoms with E-state index in [9.17, 15) is 22.4 Å². The molecule has 1 saturated heterocycles. The molecule has 1 aromatic heterocycles. The van der Waals surface area contributed by atoms with Gasteiger partial charge < -0.3 is 4.74 Å². The van der Waals surface area contributed by atoms with Crippen LogP contribution in [0.15, 0.2) is 27.7 Å². The fraction of sp³-hybridized carbons (Fsp3) is 0.526. The lowest BCUT2D eigenvalue weighted by atomic mass is 10.1. The number of hydroxylamine groups is 1. The molecule has 2 aromatic rings. The molecule has 2 heterocycles. The standard InChI is InChI=1S/C19H23BrFN3O6S/c1-19(31(2,27)28,18(26)23-30-14-5-3-4-10-29-14)8-9-24-11-22-16-12(17(24)25)6-7-13(20)15(16)21/h6-7,11,14H,3-5,8-10H2,1-2H3,(H,23,26)/t14?,19-/m1/s1. The summed E-state index contributed by atoms with van der Waals surface area (Å²) in [7, 11) is -3.89. The number of amides is 1. The van der Waals surface area contributed by atoms with Crippen LogP contribution in [0.1, 0.15) is 32.6 Å². The Labute approximate surface area is 186 Å². The van der Waals surface area contributed by atoms with E-state index in [-0.39, 0.29) is 28.3 Å². The summed E-state index contributed by atoms with van der Waals surface area (Å²) in [5.74, 6) is -1.52. The molecule has 170 valence electrons. The number of carbonyl (C=O) groups excluding carboxylic acids is 1. The van der Waals surface area contributed by atoms with Crippen molar-refractivity contribution in [3.05, 3.63) is 39.1 Å². The fourth-order valence-electron chi connectivity index (χ4n) is 3.17. The number of nitrogens with zero attached hydrogens (tertiary/aromatic N) is 2. The van der Waals surface area contributed by atoms with E-state index in [1.807, 2.05) is 0 Å². The molecule has 0 saturated carbocycles. The second-order valence-corrected chi connectivity index (χ2v) is 10.9. The number of carbonyl (C=O) groups is 1. The molecule has 2 atom stereocenters. The maximum absolute atomic E-state index is 14.2. The van der Waals surface area contributed by atoms with Gasteiger partial charge in [-0.05, 0) is 54.2 Å². The molecule has 12 heteroatoms. The molecule has 1 aromatic carbocycles. The van der Waals surface area contributed by atoms with Gasteiger partial charge in [-0.15, -0.1) is 0 Å². The van der Waals surface area contributed by atoms with Crippen LogP contribution in [0.3, 0.4) is 0 Å². The Morgan fingerprint density at radius 3 is 2.84 bits per heavy atom. The van der Waals surface area contributed by atoms with Crippen molar-refractivity contribution in [1.82, 2.24) is 15.0 Å². The van der Waals surface area contributed by atoms with Crippen molar-refractivity contribution < 1.29 is 27.2 Å². The molecule has 0 aliphatic carbocycles. The SMILES string of the molecule is C[C@@](CCn1cnc2c(F)c(Br)ccc2c1=O)(C(=O)NOC1CCCCO1)S(C)(=O)=O. The molecule has 1 N–H and O–H groups in total. The van der Waals surface area contributed by atoms with Crippen LogP contribution in [-0.4, -0.2) is 47.8 Å². The number of rotatable bonds is 7. The van der Waals surface area contributed by atoms with Gasteiger partial charge in [0.15, 0.2) is 26.7 Å². The van der Waals surface area contributed by atoms with Crippen molar-refractivity contribution in [2.45, 2.75) is 50.2 Å². The number of halogens is 2. The van der Waals surface area contributed by atoms with Crippen LogP contribution in [0.4, 0.5) is 4.39 Å². The highest BCUT2D eigenvalue weighted by Crippen LogP contribution is 2.24. The van der Waals surface area contributed by atoms with Gasteiger partial charge in [-0.2, -0.15) is 0 Å². The predicted octanol–water partition coefficient (Wildman–Crippen LogP) is 2.07. The van der Waals surface area contributed by atoms with Gasteiger partial charge in [-0.25, -0.2) is 28.1 Å². The van der Waals surface area contributed by atoms with E-state index < -0.39 is 38.2 Å². The second kappa shape index (κ2) is 9.31. The van der Waals surface area contributed by atoms with Gasteiger partial charge in [0.2, 0.25) is 0 Å². The number of hydrogen-bond acceptors (Lipinski definition) is 7. The number of ether oxygens (including phenoxy) is 1. The molecule has 0 radical (unpaired) electrons. The zero-order valence-corrected chi connectivity index (χ0v) is 19.5. The van der Waals surface area contributed by atoms with Gasteiger partial charge in [0.1, 0.15) is 5.52 Å². The van der Waals surface area contributed by atoms with Gasteiger partial charge in [0.25, 0.3) is 11.5 Å². The minimum Gasteiger partial charge on any atom is -0.350 e. The minimum absolute atomic E-state index is 0.0477. The van der Waals surface area contributed by atoms with Crippen molar-refractivity contribution >= 4 is 42.6 Å². The van der Waals surface area contributed by atoms with Crippen LogP contribution in [0, 0.1) is 5.82 Å². The molecule has 1 unspecified atom stereocenters. The van der Waals surface area contributed by atoms with Crippen LogP contribution in [0.25, 0.3) is 10.9 Å². The highest BCUT2D eigenvalue weighted by Gasteiger charge is 2.44. The summed E-state index contributed by atoms with van der Waals surface area (Å²) in [6.45, 7) is 1.63. The largest absolute Gasteiger partial charge is 0.350 e. The number of aryl methyl sites for hydroxylation is 1. The summed E-state index contributed by atoms with van der Waals surface area (Å²) in [4.78, 5) is 34.6. The molecule has 1 fully saturated rings. The smallest absolute Gasteiger partial charge is 0.264 e. The summed E-state index contributed by atoms with van der Waals surface area (Å²) in [6, 6.07) is 2.82. The van der Waals surface area contributed by atoms with E-state index in [1.165, 1.54) is 19.1 Å². The zero-order valence-electron chi connectivity index (χ0n) is 17.1. The Kier molecular flexibility index (Phi) is 7.14. The van der Waals surface area contributed by atoms with E-state index in [1.54, 1.807) is 0 Å². The van der Waals surface area contributed by atoms with Crippen LogP contribution >= 0.6 is 15.9 Å². The van der Waals surface area contributed by atoms with Crippen molar-refractivity contribution in [3.8, 4) is 0 Å². The second-order valence-electron chi connectivity index (χ2n) is 7.60. The maximum atomic E-state index is 14.2. The number of benzene rings is 1. The molecule has 1 aliphatic rings. The number of fused-ring (bicyclic) bond motifs is 1. The first-order valence-corrected chi connectivity index (χ1v) is 12.3. The average molecular weight is 520 g/mol. The number of aromatic nitrogens is 2. The van der Waals surface area contributed by atoms with E-state index in [0.29, 0.717) is 13.0 Å². The lowest BCUT2D eigenvalue weighted by Crippen LogP contribution is -2.51. The zero-order chi connectivity index (χ0) is 22.8. The molecular weight excluding hydrogens is 497 g/mol. The van der Waals surface area contributed by atoms with Gasteiger partial charge in [0.05, 0.1) is 16.2 Å². The molecule has 31 heavy (non-hydrogen) atoms. The summed E-state index contributed by atoms with van der Waals surface area (Å²) >= 11 is 3.04.